The van der Waals surface area contributed by atoms with Gasteiger partial charge in [-0.3, -0.25) is 0 Å². The van der Waals surface area contributed by atoms with E-state index in [1.807, 2.05) is 12.1 Å². The van der Waals surface area contributed by atoms with E-state index in [1.165, 1.54) is 7.11 Å². The SMILES string of the molecule is COc1ccccc1C1=NC(=Cc2cccc(OC)c2OC)C(=O)O1. The molecule has 0 N–H and O–H groups in total. The van der Waals surface area contributed by atoms with E-state index in [1.54, 1.807) is 50.6 Å². The number of rotatable bonds is 5. The molecule has 6 nitrogen and oxygen atoms in total. The second-order valence-corrected chi connectivity index (χ2v) is 5.12. The Hall–Kier alpha value is -3.28. The summed E-state index contributed by atoms with van der Waals surface area (Å²) in [5.74, 6) is 1.33. The van der Waals surface area contributed by atoms with Crippen molar-refractivity contribution in [1.29, 1.82) is 0 Å². The Kier molecular flexibility index (Phi) is 4.70. The summed E-state index contributed by atoms with van der Waals surface area (Å²) in [6.07, 6.45) is 1.60. The number of aliphatic imine (C=N–C) groups is 1. The topological polar surface area (TPSA) is 66.3 Å². The third kappa shape index (κ3) is 3.19. The smallest absolute Gasteiger partial charge is 0.363 e. The molecule has 25 heavy (non-hydrogen) atoms. The monoisotopic (exact) mass is 339 g/mol. The minimum atomic E-state index is -0.536. The fourth-order valence-electron chi connectivity index (χ4n) is 2.52. The molecule has 0 aromatic heterocycles. The number of benzene rings is 2. The van der Waals surface area contributed by atoms with Gasteiger partial charge in [0.25, 0.3) is 0 Å². The number of esters is 1. The number of hydrogen-bond donors (Lipinski definition) is 0. The van der Waals surface area contributed by atoms with Crippen LogP contribution in [0.4, 0.5) is 0 Å². The molecule has 0 radical (unpaired) electrons. The number of para-hydroxylation sites is 2. The van der Waals surface area contributed by atoms with E-state index in [0.29, 0.717) is 28.4 Å². The van der Waals surface area contributed by atoms with Gasteiger partial charge >= 0.3 is 5.97 Å². The minimum absolute atomic E-state index is 0.174. The van der Waals surface area contributed by atoms with Crippen molar-refractivity contribution in [2.24, 2.45) is 4.99 Å². The number of carbonyl (C=O) groups is 1. The zero-order valence-electron chi connectivity index (χ0n) is 14.1. The molecule has 0 saturated heterocycles. The van der Waals surface area contributed by atoms with Crippen LogP contribution in [0, 0.1) is 0 Å². The Morgan fingerprint density at radius 1 is 0.920 bits per heavy atom. The quantitative estimate of drug-likeness (QED) is 0.619. The van der Waals surface area contributed by atoms with Crippen LogP contribution < -0.4 is 14.2 Å². The van der Waals surface area contributed by atoms with Gasteiger partial charge in [0.1, 0.15) is 5.75 Å². The van der Waals surface area contributed by atoms with Crippen LogP contribution >= 0.6 is 0 Å². The first-order valence-corrected chi connectivity index (χ1v) is 7.55. The summed E-state index contributed by atoms with van der Waals surface area (Å²) in [4.78, 5) is 16.5. The molecule has 0 saturated carbocycles. The van der Waals surface area contributed by atoms with Gasteiger partial charge in [0.05, 0.1) is 26.9 Å². The molecular formula is C19H17NO5. The van der Waals surface area contributed by atoms with Crippen LogP contribution in [0.25, 0.3) is 6.08 Å². The van der Waals surface area contributed by atoms with Crippen LogP contribution in [0.3, 0.4) is 0 Å². The summed E-state index contributed by atoms with van der Waals surface area (Å²) in [7, 11) is 4.64. The fraction of sp³-hybridized carbons (Fsp3) is 0.158. The van der Waals surface area contributed by atoms with Crippen molar-refractivity contribution in [2.75, 3.05) is 21.3 Å². The average Bonchev–Trinajstić information content (AvgIpc) is 3.01. The average molecular weight is 339 g/mol. The number of cyclic esters (lactones) is 1. The van der Waals surface area contributed by atoms with Crippen molar-refractivity contribution < 1.29 is 23.7 Å². The largest absolute Gasteiger partial charge is 0.496 e. The summed E-state index contributed by atoms with van der Waals surface area (Å²) in [5.41, 5.74) is 1.45. The Labute approximate surface area is 145 Å². The number of ether oxygens (including phenoxy) is 4. The van der Waals surface area contributed by atoms with Crippen LogP contribution in [0.1, 0.15) is 11.1 Å². The first-order chi connectivity index (χ1) is 12.2. The molecule has 1 aliphatic heterocycles. The van der Waals surface area contributed by atoms with E-state index in [2.05, 4.69) is 4.99 Å². The van der Waals surface area contributed by atoms with Crippen LogP contribution in [0.2, 0.25) is 0 Å². The predicted octanol–water partition coefficient (Wildman–Crippen LogP) is 3.06. The van der Waals surface area contributed by atoms with Crippen molar-refractivity contribution >= 4 is 17.9 Å². The van der Waals surface area contributed by atoms with Crippen molar-refractivity contribution in [1.82, 2.24) is 0 Å². The zero-order valence-corrected chi connectivity index (χ0v) is 14.1. The zero-order chi connectivity index (χ0) is 17.8. The second kappa shape index (κ2) is 7.09. The van der Waals surface area contributed by atoms with Crippen LogP contribution in [0.15, 0.2) is 53.2 Å². The summed E-state index contributed by atoms with van der Waals surface area (Å²) in [6, 6.07) is 12.6. The van der Waals surface area contributed by atoms with Crippen molar-refractivity contribution in [3.63, 3.8) is 0 Å². The van der Waals surface area contributed by atoms with E-state index >= 15 is 0 Å². The summed E-state index contributed by atoms with van der Waals surface area (Å²) >= 11 is 0. The van der Waals surface area contributed by atoms with Gasteiger partial charge in [0.2, 0.25) is 5.90 Å². The lowest BCUT2D eigenvalue weighted by Crippen LogP contribution is -2.06. The Balaban J connectivity index is 2.02. The number of nitrogens with zero attached hydrogens (tertiary/aromatic N) is 1. The summed E-state index contributed by atoms with van der Waals surface area (Å²) in [6.45, 7) is 0. The molecule has 0 atom stereocenters. The molecule has 0 fully saturated rings. The standard InChI is InChI=1S/C19H17NO5/c1-22-15-9-5-4-8-13(15)18-20-14(19(21)25-18)11-12-7-6-10-16(23-2)17(12)24-3/h4-11H,1-3H3. The lowest BCUT2D eigenvalue weighted by atomic mass is 10.1. The summed E-state index contributed by atoms with van der Waals surface area (Å²) in [5, 5.41) is 0. The van der Waals surface area contributed by atoms with E-state index in [0.717, 1.165) is 0 Å². The van der Waals surface area contributed by atoms with Gasteiger partial charge in [-0.05, 0) is 24.3 Å². The van der Waals surface area contributed by atoms with Gasteiger partial charge in [-0.2, -0.15) is 0 Å². The van der Waals surface area contributed by atoms with Gasteiger partial charge in [0.15, 0.2) is 17.2 Å². The highest BCUT2D eigenvalue weighted by molar-refractivity contribution is 6.13. The highest BCUT2D eigenvalue weighted by Gasteiger charge is 2.26. The third-order valence-corrected chi connectivity index (χ3v) is 3.68. The number of carbonyl (C=O) groups excluding carboxylic acids is 1. The third-order valence-electron chi connectivity index (χ3n) is 3.68. The number of methoxy groups -OCH3 is 3. The normalized spacial score (nSPS) is 14.9. The minimum Gasteiger partial charge on any atom is -0.496 e. The molecule has 0 spiro atoms. The van der Waals surface area contributed by atoms with E-state index in [-0.39, 0.29) is 11.6 Å². The lowest BCUT2D eigenvalue weighted by Gasteiger charge is -2.09. The first-order valence-electron chi connectivity index (χ1n) is 7.55. The summed E-state index contributed by atoms with van der Waals surface area (Å²) < 4.78 is 21.2. The van der Waals surface area contributed by atoms with Crippen molar-refractivity contribution in [3.8, 4) is 17.2 Å². The molecule has 3 rings (SSSR count). The van der Waals surface area contributed by atoms with Gasteiger partial charge in [-0.1, -0.05) is 24.3 Å². The van der Waals surface area contributed by atoms with Crippen molar-refractivity contribution in [3.05, 3.63) is 59.3 Å². The molecule has 1 aliphatic rings. The second-order valence-electron chi connectivity index (χ2n) is 5.12. The molecule has 1 heterocycles. The maximum absolute atomic E-state index is 12.2. The molecule has 2 aromatic rings. The van der Waals surface area contributed by atoms with Gasteiger partial charge in [-0.25, -0.2) is 9.79 Å². The Morgan fingerprint density at radius 2 is 1.64 bits per heavy atom. The predicted molar refractivity (Wildman–Crippen MR) is 93.1 cm³/mol. The Bertz CT molecular complexity index is 870. The molecule has 0 bridgehead atoms. The molecular weight excluding hydrogens is 322 g/mol. The van der Waals surface area contributed by atoms with Gasteiger partial charge in [0, 0.05) is 5.56 Å². The Morgan fingerprint density at radius 3 is 2.36 bits per heavy atom. The molecule has 6 heteroatoms. The molecule has 0 unspecified atom stereocenters. The molecule has 0 aliphatic carbocycles. The maximum Gasteiger partial charge on any atom is 0.363 e. The fourth-order valence-corrected chi connectivity index (χ4v) is 2.52. The van der Waals surface area contributed by atoms with Crippen LogP contribution in [-0.4, -0.2) is 33.2 Å². The first kappa shape index (κ1) is 16.6. The van der Waals surface area contributed by atoms with Gasteiger partial charge < -0.3 is 18.9 Å². The molecule has 128 valence electrons. The maximum atomic E-state index is 12.2. The highest BCUT2D eigenvalue weighted by Crippen LogP contribution is 2.33. The van der Waals surface area contributed by atoms with Crippen LogP contribution in [-0.2, 0) is 9.53 Å². The van der Waals surface area contributed by atoms with Crippen LogP contribution in [0.5, 0.6) is 17.2 Å². The van der Waals surface area contributed by atoms with E-state index in [4.69, 9.17) is 18.9 Å². The number of hydrogen-bond acceptors (Lipinski definition) is 6. The highest BCUT2D eigenvalue weighted by atomic mass is 16.6. The van der Waals surface area contributed by atoms with E-state index in [9.17, 15) is 4.79 Å². The molecule has 0 amide bonds. The van der Waals surface area contributed by atoms with Crippen molar-refractivity contribution in [2.45, 2.75) is 0 Å². The molecule has 2 aromatic carbocycles. The lowest BCUT2D eigenvalue weighted by molar-refractivity contribution is -0.129. The van der Waals surface area contributed by atoms with Gasteiger partial charge in [-0.15, -0.1) is 0 Å². The van der Waals surface area contributed by atoms with E-state index < -0.39 is 5.97 Å².